The van der Waals surface area contributed by atoms with Crippen LogP contribution in [0.1, 0.15) is 23.7 Å². The summed E-state index contributed by atoms with van der Waals surface area (Å²) in [6.45, 7) is 6.39. The van der Waals surface area contributed by atoms with Gasteiger partial charge < -0.3 is 10.2 Å². The Morgan fingerprint density at radius 2 is 2.10 bits per heavy atom. The number of carbonyl (C=O) groups is 1. The molecular weight excluding hydrogens is 290 g/mol. The third-order valence-electron chi connectivity index (χ3n) is 3.42. The van der Waals surface area contributed by atoms with Gasteiger partial charge in [0.2, 0.25) is 0 Å². The molecule has 0 radical (unpaired) electrons. The first kappa shape index (κ1) is 16.0. The predicted octanol–water partition coefficient (Wildman–Crippen LogP) is 1.45. The van der Waals surface area contributed by atoms with Gasteiger partial charge in [-0.2, -0.15) is 0 Å². The number of halogens is 1. The second kappa shape index (κ2) is 7.59. The van der Waals surface area contributed by atoms with Crippen LogP contribution in [0.15, 0.2) is 12.3 Å². The van der Waals surface area contributed by atoms with Crippen LogP contribution in [0.2, 0.25) is 5.02 Å². The molecule has 21 heavy (non-hydrogen) atoms. The Labute approximate surface area is 130 Å². The highest BCUT2D eigenvalue weighted by atomic mass is 35.5. The van der Waals surface area contributed by atoms with Crippen molar-refractivity contribution in [2.45, 2.75) is 13.3 Å². The van der Waals surface area contributed by atoms with Crippen molar-refractivity contribution in [3.8, 4) is 0 Å². The number of carbonyl (C=O) groups excluding carboxylic acids is 1. The van der Waals surface area contributed by atoms with Gasteiger partial charge in [-0.15, -0.1) is 0 Å². The summed E-state index contributed by atoms with van der Waals surface area (Å²) in [5, 5.41) is 5.45. The van der Waals surface area contributed by atoms with Crippen LogP contribution in [0.4, 0.5) is 5.82 Å². The Bertz CT molecular complexity index is 488. The van der Waals surface area contributed by atoms with Gasteiger partial charge in [-0.25, -0.2) is 9.99 Å². The number of pyridine rings is 1. The van der Waals surface area contributed by atoms with Crippen LogP contribution in [-0.2, 0) is 0 Å². The molecule has 1 aliphatic rings. The Morgan fingerprint density at radius 3 is 2.76 bits per heavy atom. The second-order valence-corrected chi connectivity index (χ2v) is 5.61. The summed E-state index contributed by atoms with van der Waals surface area (Å²) in [5.41, 5.74) is 3.36. The fourth-order valence-electron chi connectivity index (χ4n) is 2.08. The highest BCUT2D eigenvalue weighted by Crippen LogP contribution is 2.18. The lowest BCUT2D eigenvalue weighted by Gasteiger charge is -2.32. The first-order valence-electron chi connectivity index (χ1n) is 7.24. The van der Waals surface area contributed by atoms with E-state index in [1.165, 1.54) is 6.20 Å². The van der Waals surface area contributed by atoms with Crippen molar-refractivity contribution in [1.29, 1.82) is 0 Å². The molecule has 1 saturated heterocycles. The van der Waals surface area contributed by atoms with E-state index in [2.05, 4.69) is 34.6 Å². The average molecular weight is 312 g/mol. The van der Waals surface area contributed by atoms with Crippen molar-refractivity contribution in [2.24, 2.45) is 0 Å². The SMILES string of the molecule is CCCNc1cc(C(=O)NN2CCN(C)CC2)c(Cl)cn1. The van der Waals surface area contributed by atoms with Gasteiger partial charge in [0.1, 0.15) is 5.82 Å². The number of piperazine rings is 1. The van der Waals surface area contributed by atoms with Crippen molar-refractivity contribution in [3.05, 3.63) is 22.8 Å². The molecule has 1 fully saturated rings. The molecule has 0 unspecified atom stereocenters. The van der Waals surface area contributed by atoms with Crippen molar-refractivity contribution < 1.29 is 4.79 Å². The number of hydrogen-bond acceptors (Lipinski definition) is 5. The number of nitrogens with one attached hydrogen (secondary N) is 2. The van der Waals surface area contributed by atoms with Crippen molar-refractivity contribution in [1.82, 2.24) is 20.3 Å². The van der Waals surface area contributed by atoms with Crippen LogP contribution < -0.4 is 10.7 Å². The van der Waals surface area contributed by atoms with Crippen molar-refractivity contribution in [2.75, 3.05) is 45.1 Å². The van der Waals surface area contributed by atoms with E-state index in [-0.39, 0.29) is 5.91 Å². The zero-order chi connectivity index (χ0) is 15.2. The zero-order valence-corrected chi connectivity index (χ0v) is 13.3. The maximum absolute atomic E-state index is 12.3. The second-order valence-electron chi connectivity index (χ2n) is 5.21. The third kappa shape index (κ3) is 4.56. The number of hydrogen-bond donors (Lipinski definition) is 2. The number of amides is 1. The van der Waals surface area contributed by atoms with Crippen LogP contribution in [0.25, 0.3) is 0 Å². The minimum atomic E-state index is -0.188. The monoisotopic (exact) mass is 311 g/mol. The number of hydrazine groups is 1. The number of nitrogens with zero attached hydrogens (tertiary/aromatic N) is 3. The molecule has 116 valence electrons. The van der Waals surface area contributed by atoms with E-state index >= 15 is 0 Å². The van der Waals surface area contributed by atoms with Crippen LogP contribution in [0, 0.1) is 0 Å². The normalized spacial score (nSPS) is 16.7. The summed E-state index contributed by atoms with van der Waals surface area (Å²) in [6.07, 6.45) is 2.51. The highest BCUT2D eigenvalue weighted by Gasteiger charge is 2.18. The van der Waals surface area contributed by atoms with Gasteiger partial charge in [-0.05, 0) is 19.5 Å². The number of rotatable bonds is 5. The lowest BCUT2D eigenvalue weighted by Crippen LogP contribution is -2.52. The van der Waals surface area contributed by atoms with Crippen LogP contribution in [0.5, 0.6) is 0 Å². The molecule has 2 rings (SSSR count). The summed E-state index contributed by atoms with van der Waals surface area (Å²) in [5.74, 6) is 0.483. The molecule has 1 amide bonds. The summed E-state index contributed by atoms with van der Waals surface area (Å²) in [7, 11) is 2.07. The molecule has 0 spiro atoms. The summed E-state index contributed by atoms with van der Waals surface area (Å²) < 4.78 is 0. The van der Waals surface area contributed by atoms with Gasteiger partial charge in [0.25, 0.3) is 5.91 Å². The van der Waals surface area contributed by atoms with Crippen molar-refractivity contribution in [3.63, 3.8) is 0 Å². The summed E-state index contributed by atoms with van der Waals surface area (Å²) in [6, 6.07) is 1.70. The van der Waals surface area contributed by atoms with E-state index in [9.17, 15) is 4.79 Å². The number of likely N-dealkylation sites (N-methyl/N-ethyl adjacent to an activating group) is 1. The minimum Gasteiger partial charge on any atom is -0.370 e. The molecule has 1 aromatic rings. The molecule has 2 heterocycles. The Morgan fingerprint density at radius 1 is 1.38 bits per heavy atom. The molecule has 0 atom stereocenters. The quantitative estimate of drug-likeness (QED) is 0.862. The van der Waals surface area contributed by atoms with Gasteiger partial charge in [-0.3, -0.25) is 10.2 Å². The standard InChI is InChI=1S/C14H22ClN5O/c1-3-4-16-13-9-11(12(15)10-17-13)14(21)18-20-7-5-19(2)6-8-20/h9-10H,3-8H2,1-2H3,(H,16,17)(H,18,21). The highest BCUT2D eigenvalue weighted by molar-refractivity contribution is 6.33. The Balaban J connectivity index is 2.00. The van der Waals surface area contributed by atoms with E-state index in [1.807, 2.05) is 5.01 Å². The molecule has 0 saturated carbocycles. The maximum atomic E-state index is 12.3. The van der Waals surface area contributed by atoms with E-state index in [0.717, 1.165) is 39.1 Å². The Kier molecular flexibility index (Phi) is 5.78. The van der Waals surface area contributed by atoms with Gasteiger partial charge in [0, 0.05) is 38.9 Å². The lowest BCUT2D eigenvalue weighted by molar-refractivity contribution is 0.0662. The third-order valence-corrected chi connectivity index (χ3v) is 3.72. The van der Waals surface area contributed by atoms with Gasteiger partial charge in [0.15, 0.2) is 0 Å². The summed E-state index contributed by atoms with van der Waals surface area (Å²) >= 11 is 6.09. The van der Waals surface area contributed by atoms with Crippen LogP contribution in [-0.4, -0.2) is 60.6 Å². The number of anilines is 1. The van der Waals surface area contributed by atoms with Crippen LogP contribution in [0.3, 0.4) is 0 Å². The van der Waals surface area contributed by atoms with E-state index in [4.69, 9.17) is 11.6 Å². The topological polar surface area (TPSA) is 60.5 Å². The fraction of sp³-hybridized carbons (Fsp3) is 0.571. The lowest BCUT2D eigenvalue weighted by atomic mass is 10.2. The molecule has 0 bridgehead atoms. The average Bonchev–Trinajstić information content (AvgIpc) is 2.48. The first-order chi connectivity index (χ1) is 10.1. The fourth-order valence-corrected chi connectivity index (χ4v) is 2.27. The predicted molar refractivity (Wildman–Crippen MR) is 84.6 cm³/mol. The first-order valence-corrected chi connectivity index (χ1v) is 7.62. The summed E-state index contributed by atoms with van der Waals surface area (Å²) in [4.78, 5) is 18.7. The molecule has 1 aliphatic heterocycles. The van der Waals surface area contributed by atoms with E-state index in [0.29, 0.717) is 16.4 Å². The maximum Gasteiger partial charge on any atom is 0.267 e. The zero-order valence-electron chi connectivity index (χ0n) is 12.5. The van der Waals surface area contributed by atoms with Crippen LogP contribution >= 0.6 is 11.6 Å². The van der Waals surface area contributed by atoms with Gasteiger partial charge in [0.05, 0.1) is 10.6 Å². The molecule has 2 N–H and O–H groups in total. The molecule has 6 nitrogen and oxygen atoms in total. The number of aromatic nitrogens is 1. The Hall–Kier alpha value is -1.37. The molecule has 7 heteroatoms. The minimum absolute atomic E-state index is 0.188. The largest absolute Gasteiger partial charge is 0.370 e. The molecule has 1 aromatic heterocycles. The van der Waals surface area contributed by atoms with Gasteiger partial charge >= 0.3 is 0 Å². The smallest absolute Gasteiger partial charge is 0.267 e. The van der Waals surface area contributed by atoms with E-state index < -0.39 is 0 Å². The van der Waals surface area contributed by atoms with E-state index in [1.54, 1.807) is 6.07 Å². The van der Waals surface area contributed by atoms with Crippen molar-refractivity contribution >= 4 is 23.3 Å². The molecular formula is C14H22ClN5O. The molecule has 0 aliphatic carbocycles. The van der Waals surface area contributed by atoms with Gasteiger partial charge in [-0.1, -0.05) is 18.5 Å². The molecule has 0 aromatic carbocycles.